The molecule has 1 aromatic carbocycles. The van der Waals surface area contributed by atoms with Crippen LogP contribution in [0.4, 0.5) is 4.79 Å². The largest absolute Gasteiger partial charge is 0.497 e. The number of urea groups is 1. The number of methoxy groups -OCH3 is 1. The van der Waals surface area contributed by atoms with Crippen LogP contribution in [-0.4, -0.2) is 41.7 Å². The molecule has 1 N–H and O–H groups in total. The third-order valence-electron chi connectivity index (χ3n) is 5.32. The van der Waals surface area contributed by atoms with Crippen molar-refractivity contribution < 1.29 is 14.3 Å². The highest BCUT2D eigenvalue weighted by Crippen LogP contribution is 2.41. The van der Waals surface area contributed by atoms with Gasteiger partial charge in [0.25, 0.3) is 0 Å². The second-order valence-corrected chi connectivity index (χ2v) is 7.85. The van der Waals surface area contributed by atoms with E-state index in [1.165, 1.54) is 5.56 Å². The molecule has 0 unspecified atom stereocenters. The number of rotatable bonds is 3. The van der Waals surface area contributed by atoms with E-state index in [0.717, 1.165) is 36.6 Å². The Morgan fingerprint density at radius 1 is 1.26 bits per heavy atom. The number of nitrogens with one attached hydrogen (secondary N) is 1. The molecular formula is C21H25N3O3. The molecule has 0 aliphatic carbocycles. The summed E-state index contributed by atoms with van der Waals surface area (Å²) in [7, 11) is 1.64. The van der Waals surface area contributed by atoms with Crippen LogP contribution in [0.1, 0.15) is 43.4 Å². The van der Waals surface area contributed by atoms with Gasteiger partial charge in [-0.3, -0.25) is 4.98 Å². The highest BCUT2D eigenvalue weighted by Gasteiger charge is 2.37. The Morgan fingerprint density at radius 2 is 2.00 bits per heavy atom. The van der Waals surface area contributed by atoms with Gasteiger partial charge in [0, 0.05) is 49.5 Å². The van der Waals surface area contributed by atoms with Gasteiger partial charge in [-0.1, -0.05) is 0 Å². The van der Waals surface area contributed by atoms with Crippen molar-refractivity contribution in [3.63, 3.8) is 0 Å². The van der Waals surface area contributed by atoms with E-state index in [4.69, 9.17) is 9.47 Å². The lowest BCUT2D eigenvalue weighted by Crippen LogP contribution is -2.54. The zero-order chi connectivity index (χ0) is 19.0. The Hall–Kier alpha value is -2.76. The minimum atomic E-state index is -0.355. The van der Waals surface area contributed by atoms with Crippen LogP contribution in [0.25, 0.3) is 0 Å². The van der Waals surface area contributed by atoms with E-state index in [9.17, 15) is 4.79 Å². The maximum Gasteiger partial charge on any atom is 0.317 e. The Labute approximate surface area is 159 Å². The van der Waals surface area contributed by atoms with Crippen LogP contribution < -0.4 is 14.8 Å². The molecule has 2 amide bonds. The SMILES string of the molecule is COc1ccc2c(c1)OC(C)(C)C[C@@H]2NC(=O)N1CC(c2ccncc2)C1. The number of hydrogen-bond donors (Lipinski definition) is 1. The van der Waals surface area contributed by atoms with Crippen LogP contribution in [0.2, 0.25) is 0 Å². The molecule has 0 spiro atoms. The lowest BCUT2D eigenvalue weighted by molar-refractivity contribution is 0.0645. The highest BCUT2D eigenvalue weighted by molar-refractivity contribution is 5.76. The van der Waals surface area contributed by atoms with Gasteiger partial charge in [0.1, 0.15) is 17.1 Å². The van der Waals surface area contributed by atoms with Crippen LogP contribution in [0.15, 0.2) is 42.7 Å². The Kier molecular flexibility index (Phi) is 4.42. The number of nitrogens with zero attached hydrogens (tertiary/aromatic N) is 2. The first-order valence-corrected chi connectivity index (χ1v) is 9.27. The fraction of sp³-hybridized carbons (Fsp3) is 0.429. The molecule has 2 aromatic rings. The van der Waals surface area contributed by atoms with Crippen molar-refractivity contribution in [3.05, 3.63) is 53.9 Å². The summed E-state index contributed by atoms with van der Waals surface area (Å²) < 4.78 is 11.4. The molecule has 6 heteroatoms. The molecule has 1 aromatic heterocycles. The number of benzene rings is 1. The topological polar surface area (TPSA) is 63.7 Å². The molecule has 6 nitrogen and oxygen atoms in total. The smallest absolute Gasteiger partial charge is 0.317 e. The lowest BCUT2D eigenvalue weighted by Gasteiger charge is -2.42. The second kappa shape index (κ2) is 6.76. The van der Waals surface area contributed by atoms with Gasteiger partial charge in [-0.2, -0.15) is 0 Å². The van der Waals surface area contributed by atoms with Gasteiger partial charge in [0.05, 0.1) is 13.2 Å². The van der Waals surface area contributed by atoms with Crippen LogP contribution in [0.3, 0.4) is 0 Å². The van der Waals surface area contributed by atoms with E-state index in [1.807, 2.05) is 49.1 Å². The Morgan fingerprint density at radius 3 is 2.70 bits per heavy atom. The summed E-state index contributed by atoms with van der Waals surface area (Å²) in [5.74, 6) is 1.91. The quantitative estimate of drug-likeness (QED) is 0.902. The van der Waals surface area contributed by atoms with Gasteiger partial charge < -0.3 is 19.7 Å². The van der Waals surface area contributed by atoms with Gasteiger partial charge >= 0.3 is 6.03 Å². The molecular weight excluding hydrogens is 342 g/mol. The van der Waals surface area contributed by atoms with Crippen molar-refractivity contribution in [2.75, 3.05) is 20.2 Å². The van der Waals surface area contributed by atoms with E-state index >= 15 is 0 Å². The summed E-state index contributed by atoms with van der Waals surface area (Å²) in [5, 5.41) is 3.20. The summed E-state index contributed by atoms with van der Waals surface area (Å²) in [6, 6.07) is 9.70. The summed E-state index contributed by atoms with van der Waals surface area (Å²) in [5.41, 5.74) is 1.87. The average Bonchev–Trinajstić information content (AvgIpc) is 2.59. The van der Waals surface area contributed by atoms with Gasteiger partial charge in [-0.15, -0.1) is 0 Å². The van der Waals surface area contributed by atoms with Crippen LogP contribution in [0.5, 0.6) is 11.5 Å². The predicted molar refractivity (Wildman–Crippen MR) is 102 cm³/mol. The van der Waals surface area contributed by atoms with Crippen molar-refractivity contribution in [1.82, 2.24) is 15.2 Å². The fourth-order valence-corrected chi connectivity index (χ4v) is 3.82. The second-order valence-electron chi connectivity index (χ2n) is 7.85. The normalized spacial score (nSPS) is 20.9. The van der Waals surface area contributed by atoms with Crippen molar-refractivity contribution in [3.8, 4) is 11.5 Å². The summed E-state index contributed by atoms with van der Waals surface area (Å²) in [6.45, 7) is 5.55. The summed E-state index contributed by atoms with van der Waals surface area (Å²) >= 11 is 0. The first-order valence-electron chi connectivity index (χ1n) is 9.27. The first kappa shape index (κ1) is 17.6. The first-order chi connectivity index (χ1) is 12.9. The monoisotopic (exact) mass is 367 g/mol. The maximum atomic E-state index is 12.8. The van der Waals surface area contributed by atoms with Crippen molar-refractivity contribution in [1.29, 1.82) is 0 Å². The van der Waals surface area contributed by atoms with E-state index in [0.29, 0.717) is 5.92 Å². The molecule has 0 radical (unpaired) electrons. The van der Waals surface area contributed by atoms with Gasteiger partial charge in [-0.05, 0) is 43.7 Å². The van der Waals surface area contributed by atoms with E-state index in [-0.39, 0.29) is 17.7 Å². The van der Waals surface area contributed by atoms with Crippen molar-refractivity contribution >= 4 is 6.03 Å². The molecule has 2 aliphatic heterocycles. The maximum absolute atomic E-state index is 12.8. The number of hydrogen-bond acceptors (Lipinski definition) is 4. The fourth-order valence-electron chi connectivity index (χ4n) is 3.82. The predicted octanol–water partition coefficient (Wildman–Crippen LogP) is 3.50. The number of amides is 2. The minimum absolute atomic E-state index is 0.0234. The number of carbonyl (C=O) groups excluding carboxylic acids is 1. The molecule has 3 heterocycles. The van der Waals surface area contributed by atoms with E-state index in [2.05, 4.69) is 10.3 Å². The number of pyridine rings is 1. The minimum Gasteiger partial charge on any atom is -0.497 e. The number of aromatic nitrogens is 1. The molecule has 2 aliphatic rings. The lowest BCUT2D eigenvalue weighted by atomic mass is 9.89. The molecule has 0 saturated carbocycles. The average molecular weight is 367 g/mol. The van der Waals surface area contributed by atoms with E-state index in [1.54, 1.807) is 19.5 Å². The molecule has 1 saturated heterocycles. The third-order valence-corrected chi connectivity index (χ3v) is 5.32. The summed E-state index contributed by atoms with van der Waals surface area (Å²) in [6.07, 6.45) is 4.32. The number of carbonyl (C=O) groups is 1. The van der Waals surface area contributed by atoms with Gasteiger partial charge in [0.2, 0.25) is 0 Å². The Balaban J connectivity index is 1.44. The van der Waals surface area contributed by atoms with Crippen molar-refractivity contribution in [2.24, 2.45) is 0 Å². The number of likely N-dealkylation sites (tertiary alicyclic amines) is 1. The van der Waals surface area contributed by atoms with Gasteiger partial charge in [0.15, 0.2) is 0 Å². The Bertz CT molecular complexity index is 832. The highest BCUT2D eigenvalue weighted by atomic mass is 16.5. The molecule has 0 bridgehead atoms. The number of ether oxygens (including phenoxy) is 2. The molecule has 4 rings (SSSR count). The molecule has 27 heavy (non-hydrogen) atoms. The van der Waals surface area contributed by atoms with Crippen LogP contribution >= 0.6 is 0 Å². The van der Waals surface area contributed by atoms with Gasteiger partial charge in [-0.25, -0.2) is 4.79 Å². The zero-order valence-corrected chi connectivity index (χ0v) is 15.9. The number of fused-ring (bicyclic) bond motifs is 1. The van der Waals surface area contributed by atoms with Crippen LogP contribution in [0, 0.1) is 0 Å². The standard InChI is InChI=1S/C21H25N3O3/c1-21(2)11-18(17-5-4-16(26-3)10-19(17)27-21)23-20(25)24-12-15(13-24)14-6-8-22-9-7-14/h4-10,15,18H,11-13H2,1-3H3,(H,23,25)/t18-/m0/s1. The van der Waals surface area contributed by atoms with E-state index < -0.39 is 0 Å². The molecule has 142 valence electrons. The molecule has 1 fully saturated rings. The van der Waals surface area contributed by atoms with Crippen molar-refractivity contribution in [2.45, 2.75) is 37.8 Å². The third kappa shape index (κ3) is 3.56. The summed E-state index contributed by atoms with van der Waals surface area (Å²) in [4.78, 5) is 18.7. The zero-order valence-electron chi connectivity index (χ0n) is 15.9. The molecule has 1 atom stereocenters. The van der Waals surface area contributed by atoms with Crippen LogP contribution in [-0.2, 0) is 0 Å².